The van der Waals surface area contributed by atoms with Crippen LogP contribution in [0.15, 0.2) is 170 Å². The zero-order valence-corrected chi connectivity index (χ0v) is 36.4. The highest BCUT2D eigenvalue weighted by molar-refractivity contribution is 5.99. The Labute approximate surface area is 390 Å². The molecule has 64 heavy (non-hydrogen) atoms. The molecule has 0 fully saturated rings. The van der Waals surface area contributed by atoms with Crippen molar-refractivity contribution < 1.29 is 27.6 Å². The number of para-hydroxylation sites is 2. The molecule has 1 atom stereocenters. The third-order valence-corrected chi connectivity index (χ3v) is 13.5. The number of benzene rings is 7. The average Bonchev–Trinajstić information content (AvgIpc) is 3.88. The summed E-state index contributed by atoms with van der Waals surface area (Å²) in [6, 6.07) is 54.4. The molecule has 312 valence electrons. The highest BCUT2D eigenvalue weighted by Crippen LogP contribution is 2.55. The lowest BCUT2D eigenvalue weighted by Gasteiger charge is -2.33. The molecule has 1 unspecified atom stereocenters. The zero-order valence-electron chi connectivity index (χ0n) is 46.4. The van der Waals surface area contributed by atoms with Crippen LogP contribution in [0, 0.1) is 0 Å². The van der Waals surface area contributed by atoms with E-state index in [1.807, 2.05) is 68.6 Å². The first-order valence-corrected chi connectivity index (χ1v) is 21.9. The molecule has 0 saturated heterocycles. The van der Waals surface area contributed by atoms with Crippen LogP contribution in [0.25, 0.3) is 83.9 Å². The minimum atomic E-state index is -3.38. The smallest absolute Gasteiger partial charge is 0.392 e. The van der Waals surface area contributed by atoms with Gasteiger partial charge in [-0.3, -0.25) is 0 Å². The molecule has 0 saturated carbocycles. The maximum atomic E-state index is 9.55. The van der Waals surface area contributed by atoms with Gasteiger partial charge in [-0.25, -0.2) is 0 Å². The number of pyridine rings is 1. The molecule has 0 N–H and O–H groups in total. The van der Waals surface area contributed by atoms with Crippen LogP contribution in [-0.4, -0.2) is 4.57 Å². The monoisotopic (exact) mass is 841 g/mol. The number of hydrogen-bond donors (Lipinski definition) is 0. The average molecular weight is 842 g/mol. The number of aromatic nitrogens is 3. The quantitative estimate of drug-likeness (QED) is 0.158. The molecular formula is C60H53N3O+2. The summed E-state index contributed by atoms with van der Waals surface area (Å²) in [5.41, 5.74) is 12.3. The molecule has 4 heteroatoms. The summed E-state index contributed by atoms with van der Waals surface area (Å²) >= 11 is 0. The van der Waals surface area contributed by atoms with Gasteiger partial charge in [0.05, 0.1) is 5.56 Å². The molecule has 7 aromatic carbocycles. The lowest BCUT2D eigenvalue weighted by molar-refractivity contribution is -0.997. The Hall–Kier alpha value is -7.04. The largest absolute Gasteiger partial charge is 0.499 e. The number of fused-ring (bicyclic) bond motifs is 5. The second kappa shape index (κ2) is 13.5. The standard InChI is InChI=1S/C60H53N3O/c1-37(2)46-35-48(40-20-13-10-14-21-40)53(36-47(46)39-18-11-9-12-19-39)62-51-24-17-23-44-49-33-43(59(6,7)8)34-50-52-32-41(38-26-28-42(29-27-38)58(3,4)5)30-31-61(52)60(55(49)50)63(56(44)51)57(62)45-22-15-16-25-54(45)64-60/h9-37H,1-8H3/q+2/i3D3,4D3,5D3,37D. The third kappa shape index (κ3) is 5.41. The van der Waals surface area contributed by atoms with Crippen molar-refractivity contribution >= 4 is 11.0 Å². The van der Waals surface area contributed by atoms with Gasteiger partial charge in [-0.1, -0.05) is 158 Å². The van der Waals surface area contributed by atoms with Gasteiger partial charge in [0, 0.05) is 42.5 Å². The van der Waals surface area contributed by atoms with Crippen molar-refractivity contribution in [3.8, 4) is 78.6 Å². The van der Waals surface area contributed by atoms with E-state index in [0.29, 0.717) is 11.3 Å². The zero-order chi connectivity index (χ0) is 52.3. The minimum Gasteiger partial charge on any atom is -0.392 e. The predicted octanol–water partition coefficient (Wildman–Crippen LogP) is 14.2. The number of hydrogen-bond acceptors (Lipinski definition) is 1. The van der Waals surface area contributed by atoms with Crippen LogP contribution >= 0.6 is 0 Å². The fraction of sp³-hybridized carbons (Fsp3) is 0.200. The Morgan fingerprint density at radius 1 is 0.578 bits per heavy atom. The van der Waals surface area contributed by atoms with Gasteiger partial charge in [0.1, 0.15) is 22.6 Å². The van der Waals surface area contributed by atoms with Crippen molar-refractivity contribution in [3.05, 3.63) is 192 Å². The van der Waals surface area contributed by atoms with Gasteiger partial charge in [-0.2, -0.15) is 4.57 Å². The van der Waals surface area contributed by atoms with Crippen molar-refractivity contribution in [2.45, 2.75) is 77.7 Å². The Morgan fingerprint density at radius 2 is 1.25 bits per heavy atom. The molecule has 3 aliphatic rings. The highest BCUT2D eigenvalue weighted by Gasteiger charge is 2.68. The Kier molecular flexibility index (Phi) is 6.18. The van der Waals surface area contributed by atoms with Crippen LogP contribution in [0.3, 0.4) is 0 Å². The molecule has 5 heterocycles. The number of rotatable bonds is 5. The van der Waals surface area contributed by atoms with E-state index in [-0.39, 0.29) is 11.0 Å². The fourth-order valence-electron chi connectivity index (χ4n) is 10.4. The van der Waals surface area contributed by atoms with E-state index < -0.39 is 37.7 Å². The van der Waals surface area contributed by atoms with E-state index in [0.717, 1.165) is 95.0 Å². The van der Waals surface area contributed by atoms with Gasteiger partial charge >= 0.3 is 11.7 Å². The summed E-state index contributed by atoms with van der Waals surface area (Å²) in [4.78, 5) is 0. The topological polar surface area (TPSA) is 21.9 Å². The second-order valence-corrected chi connectivity index (χ2v) is 18.7. The highest BCUT2D eigenvalue weighted by atomic mass is 16.5. The maximum absolute atomic E-state index is 9.55. The van der Waals surface area contributed by atoms with Gasteiger partial charge in [0.25, 0.3) is 0 Å². The molecule has 2 aromatic heterocycles. The lowest BCUT2D eigenvalue weighted by Crippen LogP contribution is -2.78. The summed E-state index contributed by atoms with van der Waals surface area (Å²) in [5.74, 6) is -0.656. The summed E-state index contributed by atoms with van der Waals surface area (Å²) in [5, 5.41) is 0. The Bertz CT molecular complexity index is 3750. The summed E-state index contributed by atoms with van der Waals surface area (Å²) in [6.07, 6.45) is 2.02. The molecule has 3 aliphatic heterocycles. The fourth-order valence-corrected chi connectivity index (χ4v) is 10.4. The van der Waals surface area contributed by atoms with Gasteiger partial charge in [-0.05, 0) is 110 Å². The normalized spacial score (nSPS) is 18.6. The van der Waals surface area contributed by atoms with Gasteiger partial charge in [0.2, 0.25) is 5.69 Å². The lowest BCUT2D eigenvalue weighted by atomic mass is 9.80. The molecule has 0 aliphatic carbocycles. The molecular weight excluding hydrogens is 779 g/mol. The maximum Gasteiger partial charge on any atom is 0.499 e. The van der Waals surface area contributed by atoms with Crippen LogP contribution in [-0.2, 0) is 16.7 Å². The molecule has 0 bridgehead atoms. The van der Waals surface area contributed by atoms with Crippen molar-refractivity contribution in [3.63, 3.8) is 0 Å². The Balaban J connectivity index is 1.17. The van der Waals surface area contributed by atoms with E-state index in [4.69, 9.17) is 17.1 Å². The first-order chi connectivity index (χ1) is 34.9. The summed E-state index contributed by atoms with van der Waals surface area (Å²) in [6.45, 7) is 0.369. The number of ether oxygens (including phenoxy) is 1. The molecule has 9 aromatic rings. The van der Waals surface area contributed by atoms with Crippen molar-refractivity contribution in [2.24, 2.45) is 0 Å². The first-order valence-electron chi connectivity index (χ1n) is 26.9. The van der Waals surface area contributed by atoms with Gasteiger partial charge < -0.3 is 4.74 Å². The van der Waals surface area contributed by atoms with E-state index >= 15 is 0 Å². The first kappa shape index (κ1) is 29.3. The second-order valence-electron chi connectivity index (χ2n) is 18.7. The van der Waals surface area contributed by atoms with E-state index in [9.17, 15) is 1.37 Å². The summed E-state index contributed by atoms with van der Waals surface area (Å²) in [7, 11) is 0. The SMILES string of the molecule is [2H]C(C)(C)c1cc(-c2ccccc2)c(-n2c3[n+]4c5c(cccc52)-c2cc(C(C)(C)C)cc5c2C4(Oc2ccccc2-3)[n+]2ccc(-c3ccc(C(C([2H])([2H])[2H])(C([2H])([2H])[2H])C([2H])([2H])[2H])cc3)cc2-5)cc1-c1ccccc1. The number of nitrogens with zero attached hydrogens (tertiary/aromatic N) is 3. The van der Waals surface area contributed by atoms with Crippen LogP contribution in [0.5, 0.6) is 5.75 Å². The van der Waals surface area contributed by atoms with Crippen molar-refractivity contribution in [1.82, 2.24) is 4.57 Å². The minimum absolute atomic E-state index is 0.273. The van der Waals surface area contributed by atoms with E-state index in [1.54, 1.807) is 12.1 Å². The molecule has 12 rings (SSSR count). The molecule has 1 spiro atoms. The Morgan fingerprint density at radius 3 is 1.95 bits per heavy atom. The summed E-state index contributed by atoms with van der Waals surface area (Å²) < 4.78 is 99.2. The van der Waals surface area contributed by atoms with Crippen LogP contribution in [0.1, 0.15) is 97.0 Å². The number of imidazole rings is 1. The molecule has 0 radical (unpaired) electrons. The predicted molar refractivity (Wildman–Crippen MR) is 261 cm³/mol. The van der Waals surface area contributed by atoms with Crippen LogP contribution in [0.2, 0.25) is 0 Å². The van der Waals surface area contributed by atoms with Crippen molar-refractivity contribution in [1.29, 1.82) is 0 Å². The van der Waals surface area contributed by atoms with Crippen molar-refractivity contribution in [2.75, 3.05) is 0 Å². The van der Waals surface area contributed by atoms with E-state index in [1.165, 1.54) is 12.1 Å². The van der Waals surface area contributed by atoms with E-state index in [2.05, 4.69) is 125 Å². The molecule has 4 nitrogen and oxygen atoms in total. The molecule has 0 amide bonds. The van der Waals surface area contributed by atoms with Gasteiger partial charge in [-0.15, -0.1) is 9.13 Å². The third-order valence-electron chi connectivity index (χ3n) is 13.5. The van der Waals surface area contributed by atoms with Crippen LogP contribution < -0.4 is 13.9 Å². The van der Waals surface area contributed by atoms with Crippen LogP contribution in [0.4, 0.5) is 0 Å². The van der Waals surface area contributed by atoms with Gasteiger partial charge in [0.15, 0.2) is 17.2 Å².